The van der Waals surface area contributed by atoms with Crippen molar-refractivity contribution >= 4 is 36.5 Å². The van der Waals surface area contributed by atoms with Crippen LogP contribution in [0.4, 0.5) is 0 Å². The molecule has 0 radical (unpaired) electrons. The number of H-pyrrole nitrogens is 1. The molecule has 1 fully saturated rings. The third-order valence-electron chi connectivity index (χ3n) is 5.03. The molecule has 1 aromatic carbocycles. The quantitative estimate of drug-likeness (QED) is 0.466. The molecule has 7 heteroatoms. The van der Waals surface area contributed by atoms with Crippen molar-refractivity contribution < 1.29 is 14.4 Å². The predicted molar refractivity (Wildman–Crippen MR) is 112 cm³/mol. The summed E-state index contributed by atoms with van der Waals surface area (Å²) in [5.41, 5.74) is 0.888. The lowest BCUT2D eigenvalue weighted by Gasteiger charge is -2.39. The topological polar surface area (TPSA) is 85.8 Å². The molecule has 1 aliphatic heterocycles. The highest BCUT2D eigenvalue weighted by molar-refractivity contribution is 6.42. The smallest absolute Gasteiger partial charge is 0.295 e. The van der Waals surface area contributed by atoms with E-state index in [-0.39, 0.29) is 17.5 Å². The molecule has 2 amide bonds. The number of rotatable bonds is 4. The maximum atomic E-state index is 12.9. The number of hydrogen-bond acceptors (Lipinski definition) is 4. The summed E-state index contributed by atoms with van der Waals surface area (Å²) in [7, 11) is 1.62. The standard InChI is InChI=1S/C22H24N4O3/c1-15-14-25(21(28)17-7-5-4-6-8-17)11-12-26(15)22(29)20(27)19-13-24-16(2)18(19)9-10-23-3/h4-10,13,15,24H,2,11-12,14H2,1,3H3/b18-9+,23-10?/t15-/m1/s1. The Labute approximate surface area is 169 Å². The van der Waals surface area contributed by atoms with Gasteiger partial charge in [-0.05, 0) is 25.1 Å². The molecule has 0 saturated carbocycles. The first-order chi connectivity index (χ1) is 13.9. The number of nitrogens with one attached hydrogen (secondary N) is 1. The first-order valence-corrected chi connectivity index (χ1v) is 9.42. The molecule has 2 aromatic rings. The Bertz CT molecular complexity index is 1060. The second-order valence-corrected chi connectivity index (χ2v) is 6.96. The van der Waals surface area contributed by atoms with Gasteiger partial charge in [-0.1, -0.05) is 24.8 Å². The van der Waals surface area contributed by atoms with E-state index < -0.39 is 11.7 Å². The number of aromatic amines is 1. The van der Waals surface area contributed by atoms with Crippen molar-refractivity contribution in [2.75, 3.05) is 26.7 Å². The van der Waals surface area contributed by atoms with Crippen LogP contribution in [0.1, 0.15) is 27.6 Å². The summed E-state index contributed by atoms with van der Waals surface area (Å²) < 4.78 is 0. The summed E-state index contributed by atoms with van der Waals surface area (Å²) >= 11 is 0. The maximum Gasteiger partial charge on any atom is 0.295 e. The number of aromatic nitrogens is 1. The van der Waals surface area contributed by atoms with Crippen molar-refractivity contribution in [2.45, 2.75) is 13.0 Å². The SMILES string of the molecule is C=c1[nH]cc(C(=O)C(=O)N2CCN(C(=O)c3ccccc3)C[C@H]2C)/c1=C/C=NC. The zero-order valence-corrected chi connectivity index (χ0v) is 16.6. The predicted octanol–water partition coefficient (Wildman–Crippen LogP) is 0.462. The summed E-state index contributed by atoms with van der Waals surface area (Å²) in [6, 6.07) is 8.77. The van der Waals surface area contributed by atoms with E-state index in [2.05, 4.69) is 16.6 Å². The molecular weight excluding hydrogens is 368 g/mol. The molecule has 0 aliphatic carbocycles. The molecule has 1 aromatic heterocycles. The average molecular weight is 392 g/mol. The summed E-state index contributed by atoms with van der Waals surface area (Å²) in [5.74, 6) is -1.24. The number of hydrogen-bond donors (Lipinski definition) is 1. The van der Waals surface area contributed by atoms with Gasteiger partial charge in [0.15, 0.2) is 0 Å². The number of carbonyl (C=O) groups excluding carboxylic acids is 3. The number of carbonyl (C=O) groups is 3. The normalized spacial score (nSPS) is 17.7. The molecule has 1 saturated heterocycles. The number of aliphatic imine (C=N–C) groups is 1. The van der Waals surface area contributed by atoms with Crippen LogP contribution < -0.4 is 10.6 Å². The summed E-state index contributed by atoms with van der Waals surface area (Å²) in [4.78, 5) is 48.4. The van der Waals surface area contributed by atoms with Crippen LogP contribution in [0.15, 0.2) is 41.5 Å². The van der Waals surface area contributed by atoms with Gasteiger partial charge in [-0.15, -0.1) is 0 Å². The minimum atomic E-state index is -0.596. The number of amides is 2. The van der Waals surface area contributed by atoms with Gasteiger partial charge in [0.05, 0.1) is 5.56 Å². The first kappa shape index (κ1) is 20.3. The van der Waals surface area contributed by atoms with E-state index in [9.17, 15) is 14.4 Å². The fourth-order valence-electron chi connectivity index (χ4n) is 3.46. The van der Waals surface area contributed by atoms with Crippen molar-refractivity contribution in [1.29, 1.82) is 0 Å². The van der Waals surface area contributed by atoms with Gasteiger partial charge in [0.1, 0.15) is 0 Å². The number of benzene rings is 1. The average Bonchev–Trinajstić information content (AvgIpc) is 3.11. The molecule has 7 nitrogen and oxygen atoms in total. The van der Waals surface area contributed by atoms with Gasteiger partial charge < -0.3 is 14.8 Å². The largest absolute Gasteiger partial charge is 0.361 e. The Balaban J connectivity index is 1.74. The summed E-state index contributed by atoms with van der Waals surface area (Å²) in [6.45, 7) is 6.76. The van der Waals surface area contributed by atoms with E-state index >= 15 is 0 Å². The molecule has 29 heavy (non-hydrogen) atoms. The van der Waals surface area contributed by atoms with Crippen LogP contribution in [-0.2, 0) is 4.79 Å². The molecule has 1 aliphatic rings. The van der Waals surface area contributed by atoms with Crippen LogP contribution >= 0.6 is 0 Å². The minimum Gasteiger partial charge on any atom is -0.361 e. The van der Waals surface area contributed by atoms with Gasteiger partial charge in [-0.25, -0.2) is 0 Å². The Morgan fingerprint density at radius 1 is 1.21 bits per heavy atom. The van der Waals surface area contributed by atoms with Gasteiger partial charge in [0.25, 0.3) is 17.6 Å². The summed E-state index contributed by atoms with van der Waals surface area (Å²) in [5, 5.41) is 1.10. The van der Waals surface area contributed by atoms with Crippen LogP contribution in [0.25, 0.3) is 12.7 Å². The van der Waals surface area contributed by atoms with Crippen LogP contribution in [0.5, 0.6) is 0 Å². The molecule has 2 heterocycles. The van der Waals surface area contributed by atoms with Gasteiger partial charge in [-0.2, -0.15) is 0 Å². The highest BCUT2D eigenvalue weighted by Gasteiger charge is 2.33. The fraction of sp³-hybridized carbons (Fsp3) is 0.273. The van der Waals surface area contributed by atoms with Crippen molar-refractivity contribution in [3.63, 3.8) is 0 Å². The van der Waals surface area contributed by atoms with E-state index in [4.69, 9.17) is 0 Å². The van der Waals surface area contributed by atoms with Gasteiger partial charge in [-0.3, -0.25) is 19.4 Å². The molecule has 3 rings (SSSR count). The highest BCUT2D eigenvalue weighted by Crippen LogP contribution is 2.14. The third-order valence-corrected chi connectivity index (χ3v) is 5.03. The zero-order chi connectivity index (χ0) is 21.0. The Morgan fingerprint density at radius 2 is 1.93 bits per heavy atom. The lowest BCUT2D eigenvalue weighted by atomic mass is 10.1. The van der Waals surface area contributed by atoms with E-state index in [0.29, 0.717) is 35.8 Å². The molecule has 1 atom stereocenters. The monoisotopic (exact) mass is 392 g/mol. The second kappa shape index (κ2) is 8.68. The maximum absolute atomic E-state index is 12.9. The van der Waals surface area contributed by atoms with E-state index in [1.54, 1.807) is 36.4 Å². The first-order valence-electron chi connectivity index (χ1n) is 9.42. The molecule has 150 valence electrons. The Kier molecular flexibility index (Phi) is 6.07. The van der Waals surface area contributed by atoms with Gasteiger partial charge >= 0.3 is 0 Å². The van der Waals surface area contributed by atoms with Gasteiger partial charge in [0, 0.05) is 61.3 Å². The lowest BCUT2D eigenvalue weighted by molar-refractivity contribution is -0.130. The number of ketones is 1. The highest BCUT2D eigenvalue weighted by atomic mass is 16.2. The second-order valence-electron chi connectivity index (χ2n) is 6.96. The molecule has 0 bridgehead atoms. The fourth-order valence-corrected chi connectivity index (χ4v) is 3.46. The molecule has 1 N–H and O–H groups in total. The van der Waals surface area contributed by atoms with Crippen LogP contribution in [0.2, 0.25) is 0 Å². The minimum absolute atomic E-state index is 0.0704. The Morgan fingerprint density at radius 3 is 2.59 bits per heavy atom. The van der Waals surface area contributed by atoms with Crippen molar-refractivity contribution in [3.8, 4) is 0 Å². The van der Waals surface area contributed by atoms with E-state index in [1.807, 2.05) is 25.1 Å². The van der Waals surface area contributed by atoms with E-state index in [1.165, 1.54) is 11.1 Å². The number of nitrogens with zero attached hydrogens (tertiary/aromatic N) is 3. The van der Waals surface area contributed by atoms with Crippen molar-refractivity contribution in [2.24, 2.45) is 4.99 Å². The third kappa shape index (κ3) is 4.18. The van der Waals surface area contributed by atoms with Crippen molar-refractivity contribution in [1.82, 2.24) is 14.8 Å². The Hall–Kier alpha value is -3.48. The van der Waals surface area contributed by atoms with Crippen LogP contribution in [0, 0.1) is 0 Å². The van der Waals surface area contributed by atoms with Gasteiger partial charge in [0.2, 0.25) is 0 Å². The molecule has 0 spiro atoms. The number of piperazine rings is 1. The van der Waals surface area contributed by atoms with Crippen LogP contribution in [-0.4, -0.2) is 71.3 Å². The molecule has 0 unspecified atom stereocenters. The zero-order valence-electron chi connectivity index (χ0n) is 16.6. The molecular formula is C22H24N4O3. The van der Waals surface area contributed by atoms with Crippen LogP contribution in [0.3, 0.4) is 0 Å². The van der Waals surface area contributed by atoms with E-state index in [0.717, 1.165) is 0 Å². The summed E-state index contributed by atoms with van der Waals surface area (Å²) in [6.07, 6.45) is 4.70. The lowest BCUT2D eigenvalue weighted by Crippen LogP contribution is -2.57. The van der Waals surface area contributed by atoms with Crippen molar-refractivity contribution in [3.05, 3.63) is 58.2 Å². The number of Topliss-reactive ketones (excluding diaryl/α,β-unsaturated/α-hetero) is 1.